The van der Waals surface area contributed by atoms with E-state index in [-0.39, 0.29) is 12.5 Å². The molecule has 136 valence electrons. The van der Waals surface area contributed by atoms with Gasteiger partial charge in [0.05, 0.1) is 6.10 Å². The number of carboxylic acid groups (broad SMARTS) is 1. The van der Waals surface area contributed by atoms with Gasteiger partial charge in [-0.1, -0.05) is 63.3 Å². The zero-order valence-corrected chi connectivity index (χ0v) is 15.0. The van der Waals surface area contributed by atoms with Crippen LogP contribution in [0.2, 0.25) is 0 Å². The first-order valence-corrected chi connectivity index (χ1v) is 9.33. The Labute approximate surface area is 146 Å². The molecule has 1 aromatic rings. The first kappa shape index (κ1) is 20.7. The molecular formula is C20H33NO3. The predicted molar refractivity (Wildman–Crippen MR) is 98.0 cm³/mol. The van der Waals surface area contributed by atoms with Gasteiger partial charge in [-0.05, 0) is 36.9 Å². The summed E-state index contributed by atoms with van der Waals surface area (Å²) in [5.41, 5.74) is 2.23. The molecule has 1 unspecified atom stereocenters. The Bertz CT molecular complexity index is 445. The highest BCUT2D eigenvalue weighted by Crippen LogP contribution is 2.20. The van der Waals surface area contributed by atoms with Crippen LogP contribution in [0.25, 0.3) is 0 Å². The number of hydrogen-bond acceptors (Lipinski definition) is 3. The van der Waals surface area contributed by atoms with Crippen molar-refractivity contribution in [3.8, 4) is 0 Å². The monoisotopic (exact) mass is 335 g/mol. The number of aliphatic hydroxyl groups excluding tert-OH is 1. The Morgan fingerprint density at radius 2 is 1.75 bits per heavy atom. The average Bonchev–Trinajstić information content (AvgIpc) is 2.57. The number of aliphatic hydroxyl groups is 1. The van der Waals surface area contributed by atoms with Gasteiger partial charge in [0.25, 0.3) is 0 Å². The highest BCUT2D eigenvalue weighted by molar-refractivity contribution is 5.66. The molecule has 0 aromatic heterocycles. The van der Waals surface area contributed by atoms with Crippen molar-refractivity contribution >= 4 is 5.97 Å². The van der Waals surface area contributed by atoms with Gasteiger partial charge in [0.15, 0.2) is 0 Å². The highest BCUT2D eigenvalue weighted by atomic mass is 16.4. The molecule has 4 heteroatoms. The number of unbranched alkanes of at least 4 members (excludes halogenated alkanes) is 5. The third-order valence-electron chi connectivity index (χ3n) is 4.27. The van der Waals surface area contributed by atoms with Crippen LogP contribution < -0.4 is 5.32 Å². The van der Waals surface area contributed by atoms with Crippen LogP contribution in [0.5, 0.6) is 0 Å². The summed E-state index contributed by atoms with van der Waals surface area (Å²) >= 11 is 0. The number of carboxylic acids is 1. The molecule has 0 aliphatic carbocycles. The minimum absolute atomic E-state index is 0.282. The number of rotatable bonds is 14. The molecule has 0 amide bonds. The van der Waals surface area contributed by atoms with E-state index in [1.54, 1.807) is 0 Å². The van der Waals surface area contributed by atoms with E-state index in [9.17, 15) is 9.90 Å². The molecule has 4 nitrogen and oxygen atoms in total. The molecule has 0 radical (unpaired) electrons. The van der Waals surface area contributed by atoms with Gasteiger partial charge in [0, 0.05) is 13.0 Å². The van der Waals surface area contributed by atoms with Crippen molar-refractivity contribution < 1.29 is 15.0 Å². The first-order chi connectivity index (χ1) is 11.6. The Kier molecular flexibility index (Phi) is 11.2. The van der Waals surface area contributed by atoms with Crippen molar-refractivity contribution in [2.24, 2.45) is 0 Å². The number of nitrogens with one attached hydrogen (secondary N) is 1. The lowest BCUT2D eigenvalue weighted by Crippen LogP contribution is -2.14. The first-order valence-electron chi connectivity index (χ1n) is 9.33. The second kappa shape index (κ2) is 13.0. The normalized spacial score (nSPS) is 12.2. The van der Waals surface area contributed by atoms with Gasteiger partial charge in [-0.3, -0.25) is 4.79 Å². The number of hydrogen-bond donors (Lipinski definition) is 3. The van der Waals surface area contributed by atoms with Crippen molar-refractivity contribution in [2.75, 3.05) is 6.54 Å². The van der Waals surface area contributed by atoms with Gasteiger partial charge in [0.2, 0.25) is 0 Å². The summed E-state index contributed by atoms with van der Waals surface area (Å²) in [6.45, 7) is 3.96. The van der Waals surface area contributed by atoms with Crippen LogP contribution in [-0.2, 0) is 11.3 Å². The third kappa shape index (κ3) is 9.68. The smallest absolute Gasteiger partial charge is 0.303 e. The van der Waals surface area contributed by atoms with Crippen LogP contribution in [0.15, 0.2) is 24.3 Å². The molecule has 24 heavy (non-hydrogen) atoms. The molecule has 1 aromatic carbocycles. The molecule has 0 fully saturated rings. The van der Waals surface area contributed by atoms with E-state index in [2.05, 4.69) is 24.4 Å². The molecule has 0 saturated heterocycles. The zero-order valence-electron chi connectivity index (χ0n) is 15.0. The second-order valence-corrected chi connectivity index (χ2v) is 6.49. The second-order valence-electron chi connectivity index (χ2n) is 6.49. The maximum atomic E-state index is 10.4. The maximum absolute atomic E-state index is 10.4. The van der Waals surface area contributed by atoms with E-state index < -0.39 is 5.97 Å². The van der Waals surface area contributed by atoms with Crippen molar-refractivity contribution in [1.29, 1.82) is 0 Å². The molecule has 0 aliphatic heterocycles. The fraction of sp³-hybridized carbons (Fsp3) is 0.650. The van der Waals surface area contributed by atoms with Crippen molar-refractivity contribution in [3.63, 3.8) is 0 Å². The standard InChI is InChI=1S/C20H33NO3/c1-2-3-6-9-19(22)18-13-11-17(12-14-18)16-21-15-8-5-4-7-10-20(23)24/h11-14,19,21-22H,2-10,15-16H2,1H3,(H,23,24). The minimum Gasteiger partial charge on any atom is -0.481 e. The van der Waals surface area contributed by atoms with Crippen LogP contribution in [0.4, 0.5) is 0 Å². The predicted octanol–water partition coefficient (Wildman–Crippen LogP) is 4.43. The molecule has 3 N–H and O–H groups in total. The lowest BCUT2D eigenvalue weighted by atomic mass is 10.0. The van der Waals surface area contributed by atoms with Crippen LogP contribution in [-0.4, -0.2) is 22.7 Å². The molecule has 1 rings (SSSR count). The van der Waals surface area contributed by atoms with E-state index in [0.717, 1.165) is 57.2 Å². The highest BCUT2D eigenvalue weighted by Gasteiger charge is 2.06. The Morgan fingerprint density at radius 1 is 1.04 bits per heavy atom. The van der Waals surface area contributed by atoms with Gasteiger partial charge in [-0.25, -0.2) is 0 Å². The van der Waals surface area contributed by atoms with Crippen molar-refractivity contribution in [1.82, 2.24) is 5.32 Å². The molecule has 0 spiro atoms. The van der Waals surface area contributed by atoms with Gasteiger partial charge in [-0.15, -0.1) is 0 Å². The molecule has 0 heterocycles. The van der Waals surface area contributed by atoms with Crippen LogP contribution in [0, 0.1) is 0 Å². The Hall–Kier alpha value is -1.39. The fourth-order valence-electron chi connectivity index (χ4n) is 2.72. The third-order valence-corrected chi connectivity index (χ3v) is 4.27. The fourth-order valence-corrected chi connectivity index (χ4v) is 2.72. The van der Waals surface area contributed by atoms with E-state index in [1.807, 2.05) is 12.1 Å². The minimum atomic E-state index is -0.702. The summed E-state index contributed by atoms with van der Waals surface area (Å²) in [5, 5.41) is 22.1. The van der Waals surface area contributed by atoms with Gasteiger partial charge >= 0.3 is 5.97 Å². The molecule has 0 bridgehead atoms. The molecule has 0 aliphatic rings. The number of aliphatic carboxylic acids is 1. The largest absolute Gasteiger partial charge is 0.481 e. The Balaban J connectivity index is 2.12. The number of benzene rings is 1. The quantitative estimate of drug-likeness (QED) is 0.440. The lowest BCUT2D eigenvalue weighted by Gasteiger charge is -2.11. The SMILES string of the molecule is CCCCCC(O)c1ccc(CNCCCCCCC(=O)O)cc1. The van der Waals surface area contributed by atoms with Gasteiger partial charge < -0.3 is 15.5 Å². The van der Waals surface area contributed by atoms with Crippen molar-refractivity contribution in [2.45, 2.75) is 77.4 Å². The van der Waals surface area contributed by atoms with E-state index >= 15 is 0 Å². The van der Waals surface area contributed by atoms with Crippen molar-refractivity contribution in [3.05, 3.63) is 35.4 Å². The summed E-state index contributed by atoms with van der Waals surface area (Å²) in [4.78, 5) is 10.4. The van der Waals surface area contributed by atoms with E-state index in [0.29, 0.717) is 0 Å². The van der Waals surface area contributed by atoms with Crippen LogP contribution >= 0.6 is 0 Å². The summed E-state index contributed by atoms with van der Waals surface area (Å²) in [6.07, 6.45) is 8.12. The summed E-state index contributed by atoms with van der Waals surface area (Å²) in [7, 11) is 0. The van der Waals surface area contributed by atoms with Crippen LogP contribution in [0.1, 0.15) is 81.9 Å². The summed E-state index contributed by atoms with van der Waals surface area (Å²) in [5.74, 6) is -0.702. The van der Waals surface area contributed by atoms with Gasteiger partial charge in [-0.2, -0.15) is 0 Å². The summed E-state index contributed by atoms with van der Waals surface area (Å²) < 4.78 is 0. The zero-order chi connectivity index (χ0) is 17.6. The van der Waals surface area contributed by atoms with Gasteiger partial charge in [0.1, 0.15) is 0 Å². The maximum Gasteiger partial charge on any atom is 0.303 e. The molecule has 1 atom stereocenters. The summed E-state index contributed by atoms with van der Waals surface area (Å²) in [6, 6.07) is 8.22. The topological polar surface area (TPSA) is 69.6 Å². The van der Waals surface area contributed by atoms with Crippen LogP contribution in [0.3, 0.4) is 0 Å². The lowest BCUT2D eigenvalue weighted by molar-refractivity contribution is -0.137. The molecule has 0 saturated carbocycles. The number of carbonyl (C=O) groups is 1. The average molecular weight is 335 g/mol. The van der Waals surface area contributed by atoms with E-state index in [1.165, 1.54) is 18.4 Å². The molecular weight excluding hydrogens is 302 g/mol. The Morgan fingerprint density at radius 3 is 2.42 bits per heavy atom. The van der Waals surface area contributed by atoms with E-state index in [4.69, 9.17) is 5.11 Å².